The molecule has 18 heavy (non-hydrogen) atoms. The van der Waals surface area contributed by atoms with Crippen LogP contribution in [0.25, 0.3) is 10.9 Å². The van der Waals surface area contributed by atoms with Crippen LogP contribution in [0.5, 0.6) is 0 Å². The molecule has 0 aliphatic rings. The van der Waals surface area contributed by atoms with Crippen molar-refractivity contribution in [3.63, 3.8) is 0 Å². The van der Waals surface area contributed by atoms with E-state index >= 15 is 0 Å². The van der Waals surface area contributed by atoms with Gasteiger partial charge in [-0.2, -0.15) is 11.8 Å². The zero-order valence-electron chi connectivity index (χ0n) is 10.3. The van der Waals surface area contributed by atoms with Crippen LogP contribution < -0.4 is 5.73 Å². The van der Waals surface area contributed by atoms with Crippen molar-refractivity contribution in [2.45, 2.75) is 12.7 Å². The van der Waals surface area contributed by atoms with Gasteiger partial charge in [0.15, 0.2) is 0 Å². The number of thioether (sulfide) groups is 1. The Kier molecular flexibility index (Phi) is 4.38. The summed E-state index contributed by atoms with van der Waals surface area (Å²) in [5.74, 6) is 3.20. The largest absolute Gasteiger partial charge is 0.396 e. The molecular formula is C13H17N3OS. The van der Waals surface area contributed by atoms with E-state index < -0.39 is 0 Å². The Morgan fingerprint density at radius 2 is 2.11 bits per heavy atom. The summed E-state index contributed by atoms with van der Waals surface area (Å²) >= 11 is 1.72. The van der Waals surface area contributed by atoms with Crippen molar-refractivity contribution in [3.05, 3.63) is 30.1 Å². The lowest BCUT2D eigenvalue weighted by atomic mass is 10.2. The molecule has 2 aromatic rings. The van der Waals surface area contributed by atoms with Crippen LogP contribution in [0.1, 0.15) is 12.7 Å². The van der Waals surface area contributed by atoms with Crippen molar-refractivity contribution in [3.8, 4) is 0 Å². The normalized spacial score (nSPS) is 12.8. The summed E-state index contributed by atoms with van der Waals surface area (Å²) in [7, 11) is 0. The first-order valence-corrected chi connectivity index (χ1v) is 7.06. The molecule has 1 heterocycles. The topological polar surface area (TPSA) is 72.0 Å². The molecule has 0 saturated heterocycles. The predicted molar refractivity (Wildman–Crippen MR) is 76.4 cm³/mol. The average Bonchev–Trinajstić information content (AvgIpc) is 2.38. The van der Waals surface area contributed by atoms with Gasteiger partial charge in [-0.1, -0.05) is 19.1 Å². The molecular weight excluding hydrogens is 246 g/mol. The summed E-state index contributed by atoms with van der Waals surface area (Å²) in [6.07, 6.45) is 0. The Labute approximate surface area is 111 Å². The third-order valence-electron chi connectivity index (χ3n) is 2.62. The first kappa shape index (κ1) is 13.1. The number of nitrogen functional groups attached to an aromatic ring is 1. The zero-order chi connectivity index (χ0) is 13.0. The van der Waals surface area contributed by atoms with Gasteiger partial charge in [0.2, 0.25) is 0 Å². The van der Waals surface area contributed by atoms with Crippen LogP contribution in [0.4, 0.5) is 5.82 Å². The predicted octanol–water partition coefficient (Wildman–Crippen LogP) is 2.07. The lowest BCUT2D eigenvalue weighted by molar-refractivity contribution is 0.250. The number of aromatic nitrogens is 2. The minimum absolute atomic E-state index is 0.216. The summed E-state index contributed by atoms with van der Waals surface area (Å²) in [6.45, 7) is 2.23. The van der Waals surface area contributed by atoms with Crippen molar-refractivity contribution in [1.82, 2.24) is 9.97 Å². The number of aliphatic hydroxyl groups excluding tert-OH is 1. The molecule has 0 fully saturated rings. The third-order valence-corrected chi connectivity index (χ3v) is 3.89. The van der Waals surface area contributed by atoms with Crippen molar-refractivity contribution < 1.29 is 5.11 Å². The Hall–Kier alpha value is -1.33. The molecule has 0 spiro atoms. The van der Waals surface area contributed by atoms with E-state index in [1.54, 1.807) is 11.8 Å². The summed E-state index contributed by atoms with van der Waals surface area (Å²) in [4.78, 5) is 8.79. The first-order chi connectivity index (χ1) is 8.70. The van der Waals surface area contributed by atoms with Crippen LogP contribution in [-0.4, -0.2) is 27.4 Å². The number of fused-ring (bicyclic) bond motifs is 1. The molecule has 1 aromatic heterocycles. The maximum absolute atomic E-state index is 8.95. The molecule has 0 saturated carbocycles. The average molecular weight is 263 g/mol. The molecule has 0 amide bonds. The number of hydrogen-bond acceptors (Lipinski definition) is 5. The molecule has 5 heteroatoms. The molecule has 0 bridgehead atoms. The standard InChI is InChI=1S/C13H17N3OS/c1-9(6-17)7-18-8-12-15-11-5-3-2-4-10(11)13(14)16-12/h2-5,9,17H,6-8H2,1H3,(H2,14,15,16). The number of para-hydroxylation sites is 1. The second-order valence-electron chi connectivity index (χ2n) is 4.35. The van der Waals surface area contributed by atoms with Gasteiger partial charge in [0.05, 0.1) is 11.3 Å². The quantitative estimate of drug-likeness (QED) is 0.864. The van der Waals surface area contributed by atoms with Crippen LogP contribution >= 0.6 is 11.8 Å². The van der Waals surface area contributed by atoms with Crippen LogP contribution in [0.15, 0.2) is 24.3 Å². The Morgan fingerprint density at radius 3 is 2.89 bits per heavy atom. The van der Waals surface area contributed by atoms with Gasteiger partial charge < -0.3 is 10.8 Å². The molecule has 0 radical (unpaired) electrons. The highest BCUT2D eigenvalue weighted by Gasteiger charge is 2.06. The van der Waals surface area contributed by atoms with E-state index in [-0.39, 0.29) is 6.61 Å². The molecule has 4 nitrogen and oxygen atoms in total. The van der Waals surface area contributed by atoms with E-state index in [4.69, 9.17) is 10.8 Å². The van der Waals surface area contributed by atoms with Crippen LogP contribution in [0.3, 0.4) is 0 Å². The number of nitrogens with zero attached hydrogens (tertiary/aromatic N) is 2. The van der Waals surface area contributed by atoms with Crippen molar-refractivity contribution in [1.29, 1.82) is 0 Å². The molecule has 1 atom stereocenters. The highest BCUT2D eigenvalue weighted by Crippen LogP contribution is 2.20. The van der Waals surface area contributed by atoms with Gasteiger partial charge in [-0.25, -0.2) is 9.97 Å². The number of nitrogens with two attached hydrogens (primary N) is 1. The first-order valence-electron chi connectivity index (χ1n) is 5.90. The smallest absolute Gasteiger partial charge is 0.141 e. The highest BCUT2D eigenvalue weighted by molar-refractivity contribution is 7.98. The minimum Gasteiger partial charge on any atom is -0.396 e. The highest BCUT2D eigenvalue weighted by atomic mass is 32.2. The zero-order valence-corrected chi connectivity index (χ0v) is 11.2. The van der Waals surface area contributed by atoms with Crippen LogP contribution in [-0.2, 0) is 5.75 Å². The monoisotopic (exact) mass is 263 g/mol. The molecule has 0 aliphatic carbocycles. The van der Waals surface area contributed by atoms with E-state index in [9.17, 15) is 0 Å². The van der Waals surface area contributed by atoms with E-state index in [1.165, 1.54) is 0 Å². The molecule has 0 aliphatic heterocycles. The lowest BCUT2D eigenvalue weighted by Gasteiger charge is -2.07. The number of hydrogen-bond donors (Lipinski definition) is 2. The number of rotatable bonds is 5. The minimum atomic E-state index is 0.216. The van der Waals surface area contributed by atoms with Crippen molar-refractivity contribution >= 4 is 28.5 Å². The molecule has 2 rings (SSSR count). The fourth-order valence-corrected chi connectivity index (χ4v) is 2.56. The number of aliphatic hydroxyl groups is 1. The summed E-state index contributed by atoms with van der Waals surface area (Å²) in [6, 6.07) is 7.74. The number of anilines is 1. The van der Waals surface area contributed by atoms with Gasteiger partial charge in [0, 0.05) is 12.0 Å². The lowest BCUT2D eigenvalue weighted by Crippen LogP contribution is -2.05. The summed E-state index contributed by atoms with van der Waals surface area (Å²) in [5, 5.41) is 9.85. The van der Waals surface area contributed by atoms with E-state index in [2.05, 4.69) is 9.97 Å². The Bertz CT molecular complexity index is 533. The Balaban J connectivity index is 2.10. The van der Waals surface area contributed by atoms with Crippen LogP contribution in [0, 0.1) is 5.92 Å². The fraction of sp³-hybridized carbons (Fsp3) is 0.385. The molecule has 1 aromatic carbocycles. The van der Waals surface area contributed by atoms with Gasteiger partial charge in [-0.3, -0.25) is 0 Å². The second-order valence-corrected chi connectivity index (χ2v) is 5.38. The fourth-order valence-electron chi connectivity index (χ4n) is 1.62. The van der Waals surface area contributed by atoms with E-state index in [0.29, 0.717) is 11.7 Å². The van der Waals surface area contributed by atoms with Gasteiger partial charge in [-0.05, 0) is 23.8 Å². The number of benzene rings is 1. The third kappa shape index (κ3) is 3.11. The second kappa shape index (κ2) is 6.02. The maximum atomic E-state index is 8.95. The molecule has 1 unspecified atom stereocenters. The maximum Gasteiger partial charge on any atom is 0.141 e. The SMILES string of the molecule is CC(CO)CSCc1nc(N)c2ccccc2n1. The Morgan fingerprint density at radius 1 is 1.33 bits per heavy atom. The van der Waals surface area contributed by atoms with Crippen LogP contribution in [0.2, 0.25) is 0 Å². The van der Waals surface area contributed by atoms with E-state index in [0.717, 1.165) is 28.2 Å². The van der Waals surface area contributed by atoms with Gasteiger partial charge in [0.1, 0.15) is 11.6 Å². The summed E-state index contributed by atoms with van der Waals surface area (Å²) in [5.41, 5.74) is 6.80. The van der Waals surface area contributed by atoms with Crippen molar-refractivity contribution in [2.24, 2.45) is 5.92 Å². The van der Waals surface area contributed by atoms with E-state index in [1.807, 2.05) is 31.2 Å². The summed E-state index contributed by atoms with van der Waals surface area (Å²) < 4.78 is 0. The van der Waals surface area contributed by atoms with Gasteiger partial charge in [0.25, 0.3) is 0 Å². The van der Waals surface area contributed by atoms with Gasteiger partial charge >= 0.3 is 0 Å². The molecule has 96 valence electrons. The van der Waals surface area contributed by atoms with Gasteiger partial charge in [-0.15, -0.1) is 0 Å². The van der Waals surface area contributed by atoms with Crippen molar-refractivity contribution in [2.75, 3.05) is 18.1 Å². The molecule has 3 N–H and O–H groups in total.